The molecule has 1 aliphatic carbocycles. The molecule has 1 N–H and O–H groups in total. The van der Waals surface area contributed by atoms with Gasteiger partial charge in [-0.1, -0.05) is 50.1 Å². The van der Waals surface area contributed by atoms with Crippen molar-refractivity contribution in [3.05, 3.63) is 35.9 Å². The first-order chi connectivity index (χ1) is 9.00. The van der Waals surface area contributed by atoms with Crippen molar-refractivity contribution in [1.82, 2.24) is 5.32 Å². The third kappa shape index (κ3) is 4.23. The van der Waals surface area contributed by atoms with Crippen LogP contribution in [0.15, 0.2) is 30.3 Å². The molecule has 0 radical (unpaired) electrons. The van der Waals surface area contributed by atoms with Crippen LogP contribution >= 0.6 is 0 Å². The van der Waals surface area contributed by atoms with Crippen molar-refractivity contribution >= 4 is 0 Å². The molecule has 1 fully saturated rings. The largest absolute Gasteiger partial charge is 0.407 e. The van der Waals surface area contributed by atoms with E-state index in [0.717, 1.165) is 12.8 Å². The highest BCUT2D eigenvalue weighted by Crippen LogP contribution is 2.37. The monoisotopic (exact) mass is 271 g/mol. The fourth-order valence-corrected chi connectivity index (χ4v) is 2.37. The highest BCUT2D eigenvalue weighted by Gasteiger charge is 2.42. The Kier molecular flexibility index (Phi) is 4.50. The molecule has 19 heavy (non-hydrogen) atoms. The average Bonchev–Trinajstić information content (AvgIpc) is 3.17. The minimum atomic E-state index is -4.25. The lowest BCUT2D eigenvalue weighted by Crippen LogP contribution is -2.40. The van der Waals surface area contributed by atoms with E-state index in [1.165, 1.54) is 25.0 Å². The Labute approximate surface area is 112 Å². The molecule has 1 saturated carbocycles. The van der Waals surface area contributed by atoms with Crippen molar-refractivity contribution < 1.29 is 13.2 Å². The summed E-state index contributed by atoms with van der Waals surface area (Å²) in [7, 11) is 0. The van der Waals surface area contributed by atoms with E-state index >= 15 is 0 Å². The summed E-state index contributed by atoms with van der Waals surface area (Å²) in [6, 6.07) is 6.49. The van der Waals surface area contributed by atoms with Gasteiger partial charge in [-0.25, -0.2) is 0 Å². The number of hydrogen-bond acceptors (Lipinski definition) is 1. The van der Waals surface area contributed by atoms with Gasteiger partial charge in [-0.2, -0.15) is 13.2 Å². The van der Waals surface area contributed by atoms with Gasteiger partial charge in [0, 0.05) is 6.04 Å². The molecular weight excluding hydrogens is 251 g/mol. The molecule has 1 aromatic carbocycles. The van der Waals surface area contributed by atoms with Crippen molar-refractivity contribution in [1.29, 1.82) is 0 Å². The van der Waals surface area contributed by atoms with Crippen molar-refractivity contribution in [2.75, 3.05) is 0 Å². The van der Waals surface area contributed by atoms with Crippen LogP contribution in [-0.2, 0) is 0 Å². The van der Waals surface area contributed by atoms with E-state index in [4.69, 9.17) is 0 Å². The number of nitrogens with one attached hydrogen (secondary N) is 1. The van der Waals surface area contributed by atoms with Crippen LogP contribution in [-0.4, -0.2) is 12.2 Å². The van der Waals surface area contributed by atoms with Crippen LogP contribution in [0.25, 0.3) is 0 Å². The standard InChI is InChI=1S/C15H20F3N/c1-2-13(10-11-8-9-11)19-14(15(16,17)18)12-6-4-3-5-7-12/h3-7,11,13-14,19H,2,8-10H2,1H3. The van der Waals surface area contributed by atoms with Crippen LogP contribution in [0.3, 0.4) is 0 Å². The Morgan fingerprint density at radius 1 is 1.21 bits per heavy atom. The maximum atomic E-state index is 13.2. The van der Waals surface area contributed by atoms with Crippen LogP contribution in [0.1, 0.15) is 44.2 Å². The summed E-state index contributed by atoms with van der Waals surface area (Å²) in [5.74, 6) is 0.627. The molecule has 4 heteroatoms. The van der Waals surface area contributed by atoms with Gasteiger partial charge in [0.1, 0.15) is 6.04 Å². The molecule has 0 bridgehead atoms. The molecule has 0 aromatic heterocycles. The lowest BCUT2D eigenvalue weighted by atomic mass is 10.0. The van der Waals surface area contributed by atoms with Gasteiger partial charge in [0.15, 0.2) is 0 Å². The molecule has 0 heterocycles. The molecule has 0 saturated heterocycles. The zero-order valence-electron chi connectivity index (χ0n) is 11.1. The SMILES string of the molecule is CCC(CC1CC1)NC(c1ccccc1)C(F)(F)F. The van der Waals surface area contributed by atoms with Crippen LogP contribution in [0.2, 0.25) is 0 Å². The number of halogens is 3. The Morgan fingerprint density at radius 3 is 2.32 bits per heavy atom. The fourth-order valence-electron chi connectivity index (χ4n) is 2.37. The highest BCUT2D eigenvalue weighted by molar-refractivity contribution is 5.20. The molecule has 0 aliphatic heterocycles. The minimum absolute atomic E-state index is 0.0562. The van der Waals surface area contributed by atoms with Gasteiger partial charge >= 0.3 is 6.18 Å². The summed E-state index contributed by atoms with van der Waals surface area (Å²) in [5, 5.41) is 2.81. The topological polar surface area (TPSA) is 12.0 Å². The second kappa shape index (κ2) is 5.95. The molecule has 1 aromatic rings. The number of benzene rings is 1. The van der Waals surface area contributed by atoms with E-state index in [2.05, 4.69) is 5.32 Å². The van der Waals surface area contributed by atoms with Gasteiger partial charge < -0.3 is 0 Å². The van der Waals surface area contributed by atoms with E-state index in [-0.39, 0.29) is 6.04 Å². The van der Waals surface area contributed by atoms with Crippen molar-refractivity contribution in [3.8, 4) is 0 Å². The van der Waals surface area contributed by atoms with E-state index in [0.29, 0.717) is 11.5 Å². The molecule has 0 spiro atoms. The number of rotatable bonds is 6. The van der Waals surface area contributed by atoms with Crippen LogP contribution in [0.4, 0.5) is 13.2 Å². The third-order valence-corrected chi connectivity index (χ3v) is 3.67. The van der Waals surface area contributed by atoms with Crippen molar-refractivity contribution in [3.63, 3.8) is 0 Å². The average molecular weight is 271 g/mol. The highest BCUT2D eigenvalue weighted by atomic mass is 19.4. The van der Waals surface area contributed by atoms with Crippen molar-refractivity contribution in [2.24, 2.45) is 5.92 Å². The quantitative estimate of drug-likeness (QED) is 0.805. The minimum Gasteiger partial charge on any atom is -0.300 e. The lowest BCUT2D eigenvalue weighted by molar-refractivity contribution is -0.160. The Morgan fingerprint density at radius 2 is 1.84 bits per heavy atom. The van der Waals surface area contributed by atoms with Gasteiger partial charge in [0.2, 0.25) is 0 Å². The molecule has 2 unspecified atom stereocenters. The van der Waals surface area contributed by atoms with E-state index < -0.39 is 12.2 Å². The van der Waals surface area contributed by atoms with Crippen molar-refractivity contribution in [2.45, 2.75) is 50.9 Å². The molecular formula is C15H20F3N. The molecule has 2 rings (SSSR count). The first kappa shape index (κ1) is 14.4. The first-order valence-electron chi connectivity index (χ1n) is 6.88. The second-order valence-electron chi connectivity index (χ2n) is 5.34. The molecule has 1 aliphatic rings. The van der Waals surface area contributed by atoms with Gasteiger partial charge in [-0.05, 0) is 24.3 Å². The summed E-state index contributed by atoms with van der Waals surface area (Å²) < 4.78 is 39.6. The zero-order chi connectivity index (χ0) is 13.9. The number of hydrogen-bond donors (Lipinski definition) is 1. The summed E-state index contributed by atoms with van der Waals surface area (Å²) in [4.78, 5) is 0. The Hall–Kier alpha value is -1.03. The molecule has 0 amide bonds. The predicted octanol–water partition coefficient (Wildman–Crippen LogP) is 4.46. The van der Waals surface area contributed by atoms with Gasteiger partial charge in [-0.15, -0.1) is 0 Å². The fraction of sp³-hybridized carbons (Fsp3) is 0.600. The van der Waals surface area contributed by atoms with Gasteiger partial charge in [0.05, 0.1) is 0 Å². The molecule has 2 atom stereocenters. The smallest absolute Gasteiger partial charge is 0.300 e. The maximum absolute atomic E-state index is 13.2. The zero-order valence-corrected chi connectivity index (χ0v) is 11.1. The third-order valence-electron chi connectivity index (χ3n) is 3.67. The first-order valence-corrected chi connectivity index (χ1v) is 6.88. The van der Waals surface area contributed by atoms with Gasteiger partial charge in [-0.3, -0.25) is 5.32 Å². The van der Waals surface area contributed by atoms with E-state index in [9.17, 15) is 13.2 Å². The lowest BCUT2D eigenvalue weighted by Gasteiger charge is -2.27. The van der Waals surface area contributed by atoms with E-state index in [1.54, 1.807) is 18.2 Å². The van der Waals surface area contributed by atoms with Crippen LogP contribution < -0.4 is 5.32 Å². The second-order valence-corrected chi connectivity index (χ2v) is 5.34. The summed E-state index contributed by atoms with van der Waals surface area (Å²) in [5.41, 5.74) is 0.296. The Balaban J connectivity index is 2.09. The summed E-state index contributed by atoms with van der Waals surface area (Å²) in [6.07, 6.45) is -0.329. The van der Waals surface area contributed by atoms with E-state index in [1.807, 2.05) is 6.92 Å². The molecule has 106 valence electrons. The normalized spacial score (nSPS) is 19.2. The number of alkyl halides is 3. The van der Waals surface area contributed by atoms with Crippen LogP contribution in [0.5, 0.6) is 0 Å². The summed E-state index contributed by atoms with van der Waals surface area (Å²) in [6.45, 7) is 1.94. The van der Waals surface area contributed by atoms with Crippen LogP contribution in [0, 0.1) is 5.92 Å². The maximum Gasteiger partial charge on any atom is 0.407 e. The Bertz CT molecular complexity index is 384. The predicted molar refractivity (Wildman–Crippen MR) is 69.8 cm³/mol. The summed E-state index contributed by atoms with van der Waals surface area (Å²) >= 11 is 0. The van der Waals surface area contributed by atoms with Gasteiger partial charge in [0.25, 0.3) is 0 Å². The molecule has 1 nitrogen and oxygen atoms in total.